The zero-order chi connectivity index (χ0) is 13.0. The van der Waals surface area contributed by atoms with Crippen LogP contribution in [0.15, 0.2) is 30.3 Å². The summed E-state index contributed by atoms with van der Waals surface area (Å²) in [5, 5.41) is 9.14. The highest BCUT2D eigenvalue weighted by Crippen LogP contribution is 2.31. The van der Waals surface area contributed by atoms with Gasteiger partial charge in [-0.25, -0.2) is 0 Å². The molecule has 0 bridgehead atoms. The minimum Gasteiger partial charge on any atom is -0.489 e. The van der Waals surface area contributed by atoms with Crippen molar-refractivity contribution in [1.29, 1.82) is 0 Å². The molecule has 1 aromatic rings. The molecule has 3 heteroatoms. The second kappa shape index (κ2) is 5.71. The Morgan fingerprint density at radius 1 is 1.39 bits per heavy atom. The first kappa shape index (κ1) is 12.7. The van der Waals surface area contributed by atoms with Crippen LogP contribution in [0.2, 0.25) is 0 Å². The Bertz CT molecular complexity index is 451. The highest BCUT2D eigenvalue weighted by Gasteiger charge is 2.34. The topological polar surface area (TPSA) is 46.5 Å². The van der Waals surface area contributed by atoms with Crippen LogP contribution in [0.25, 0.3) is 6.08 Å². The van der Waals surface area contributed by atoms with E-state index in [2.05, 4.69) is 0 Å². The Morgan fingerprint density at radius 3 is 2.89 bits per heavy atom. The molecule has 1 aliphatic rings. The minimum absolute atomic E-state index is 0.200. The Balaban J connectivity index is 2.16. The Kier molecular flexibility index (Phi) is 4.03. The molecule has 2 rings (SSSR count). The van der Waals surface area contributed by atoms with Crippen LogP contribution in [0.1, 0.15) is 31.7 Å². The van der Waals surface area contributed by atoms with Gasteiger partial charge < -0.3 is 9.84 Å². The summed E-state index contributed by atoms with van der Waals surface area (Å²) in [6.45, 7) is 1.95. The Labute approximate surface area is 107 Å². The van der Waals surface area contributed by atoms with E-state index in [1.165, 1.54) is 0 Å². The van der Waals surface area contributed by atoms with Gasteiger partial charge >= 0.3 is 5.97 Å². The largest absolute Gasteiger partial charge is 0.489 e. The lowest BCUT2D eigenvalue weighted by atomic mass is 10.1. The van der Waals surface area contributed by atoms with Crippen molar-refractivity contribution < 1.29 is 14.6 Å². The van der Waals surface area contributed by atoms with Gasteiger partial charge in [-0.3, -0.25) is 4.79 Å². The fourth-order valence-electron chi connectivity index (χ4n) is 2.42. The molecule has 1 N–H and O–H groups in total. The molecule has 18 heavy (non-hydrogen) atoms. The van der Waals surface area contributed by atoms with E-state index >= 15 is 0 Å². The predicted molar refractivity (Wildman–Crippen MR) is 70.5 cm³/mol. The fourth-order valence-corrected chi connectivity index (χ4v) is 2.42. The molecule has 0 radical (unpaired) electrons. The lowest BCUT2D eigenvalue weighted by Gasteiger charge is -2.19. The first-order valence-electron chi connectivity index (χ1n) is 6.33. The number of carboxylic acids is 1. The monoisotopic (exact) mass is 246 g/mol. The average molecular weight is 246 g/mol. The van der Waals surface area contributed by atoms with Gasteiger partial charge in [0.1, 0.15) is 11.9 Å². The highest BCUT2D eigenvalue weighted by atomic mass is 16.5. The van der Waals surface area contributed by atoms with Crippen LogP contribution in [0.4, 0.5) is 0 Å². The number of hydrogen-bond donors (Lipinski definition) is 1. The Morgan fingerprint density at radius 2 is 2.17 bits per heavy atom. The molecule has 3 nitrogen and oxygen atoms in total. The molecule has 2 atom stereocenters. The zero-order valence-electron chi connectivity index (χ0n) is 10.5. The summed E-state index contributed by atoms with van der Waals surface area (Å²) in [6, 6.07) is 7.73. The van der Waals surface area contributed by atoms with Crippen LogP contribution >= 0.6 is 0 Å². The summed E-state index contributed by atoms with van der Waals surface area (Å²) in [4.78, 5) is 11.1. The number of para-hydroxylation sites is 1. The standard InChI is InChI=1S/C15H18O3/c1-2-6-11-7-3-4-9-13(11)18-14-10-5-8-12(14)15(16)17/h2-4,6-7,9,12,14H,5,8,10H2,1H3,(H,16,17). The molecule has 1 fully saturated rings. The van der Waals surface area contributed by atoms with Gasteiger partial charge in [-0.2, -0.15) is 0 Å². The maximum absolute atomic E-state index is 11.1. The van der Waals surface area contributed by atoms with Gasteiger partial charge in [0.15, 0.2) is 0 Å². The maximum atomic E-state index is 11.1. The van der Waals surface area contributed by atoms with Crippen molar-refractivity contribution in [3.05, 3.63) is 35.9 Å². The summed E-state index contributed by atoms with van der Waals surface area (Å²) in [7, 11) is 0. The van der Waals surface area contributed by atoms with E-state index in [0.29, 0.717) is 6.42 Å². The molecule has 1 aromatic carbocycles. The third-order valence-electron chi connectivity index (χ3n) is 3.31. The van der Waals surface area contributed by atoms with E-state index in [0.717, 1.165) is 24.2 Å². The van der Waals surface area contributed by atoms with Gasteiger partial charge in [-0.1, -0.05) is 30.4 Å². The number of carbonyl (C=O) groups is 1. The molecule has 1 aliphatic carbocycles. The summed E-state index contributed by atoms with van der Waals surface area (Å²) < 4.78 is 5.90. The molecule has 0 aliphatic heterocycles. The van der Waals surface area contributed by atoms with Crippen molar-refractivity contribution in [2.75, 3.05) is 0 Å². The molecular formula is C15H18O3. The van der Waals surface area contributed by atoms with Crippen molar-refractivity contribution in [1.82, 2.24) is 0 Å². The highest BCUT2D eigenvalue weighted by molar-refractivity contribution is 5.71. The third-order valence-corrected chi connectivity index (χ3v) is 3.31. The number of benzene rings is 1. The van der Waals surface area contributed by atoms with Crippen LogP contribution in [0, 0.1) is 5.92 Å². The number of carboxylic acid groups (broad SMARTS) is 1. The first-order valence-corrected chi connectivity index (χ1v) is 6.33. The van der Waals surface area contributed by atoms with Crippen molar-refractivity contribution in [2.45, 2.75) is 32.3 Å². The van der Waals surface area contributed by atoms with Crippen LogP contribution in [0.5, 0.6) is 5.75 Å². The van der Waals surface area contributed by atoms with E-state index in [1.54, 1.807) is 0 Å². The number of aliphatic carboxylic acids is 1. The number of ether oxygens (including phenoxy) is 1. The summed E-state index contributed by atoms with van der Waals surface area (Å²) in [5.74, 6) is -0.349. The minimum atomic E-state index is -0.749. The van der Waals surface area contributed by atoms with Gasteiger partial charge in [-0.05, 0) is 32.3 Å². The normalized spacial score (nSPS) is 23.4. The van der Waals surface area contributed by atoms with Crippen LogP contribution in [0.3, 0.4) is 0 Å². The van der Waals surface area contributed by atoms with E-state index in [-0.39, 0.29) is 12.0 Å². The lowest BCUT2D eigenvalue weighted by molar-refractivity contribution is -0.144. The van der Waals surface area contributed by atoms with Gasteiger partial charge in [-0.15, -0.1) is 0 Å². The number of hydrogen-bond acceptors (Lipinski definition) is 2. The third kappa shape index (κ3) is 2.73. The fraction of sp³-hybridized carbons (Fsp3) is 0.400. The van der Waals surface area contributed by atoms with Crippen LogP contribution in [-0.4, -0.2) is 17.2 Å². The molecule has 0 heterocycles. The van der Waals surface area contributed by atoms with Crippen molar-refractivity contribution >= 4 is 12.0 Å². The lowest BCUT2D eigenvalue weighted by Crippen LogP contribution is -2.28. The van der Waals surface area contributed by atoms with Gasteiger partial charge in [0, 0.05) is 5.56 Å². The quantitative estimate of drug-likeness (QED) is 0.886. The smallest absolute Gasteiger partial charge is 0.310 e. The molecule has 0 saturated heterocycles. The zero-order valence-corrected chi connectivity index (χ0v) is 10.5. The summed E-state index contributed by atoms with van der Waals surface area (Å²) in [6.07, 6.45) is 6.18. The van der Waals surface area contributed by atoms with Crippen LogP contribution in [-0.2, 0) is 4.79 Å². The Hall–Kier alpha value is -1.77. The van der Waals surface area contributed by atoms with Crippen molar-refractivity contribution in [2.24, 2.45) is 5.92 Å². The molecule has 96 valence electrons. The number of allylic oxidation sites excluding steroid dienone is 1. The molecule has 2 unspecified atom stereocenters. The van der Waals surface area contributed by atoms with E-state index in [4.69, 9.17) is 9.84 Å². The number of rotatable bonds is 4. The van der Waals surface area contributed by atoms with E-state index in [1.807, 2.05) is 43.3 Å². The van der Waals surface area contributed by atoms with Gasteiger partial charge in [0.2, 0.25) is 0 Å². The van der Waals surface area contributed by atoms with Gasteiger partial charge in [0.25, 0.3) is 0 Å². The SMILES string of the molecule is CC=Cc1ccccc1OC1CCCC1C(=O)O. The first-order chi connectivity index (χ1) is 8.72. The molecule has 0 spiro atoms. The van der Waals surface area contributed by atoms with Crippen molar-refractivity contribution in [3.63, 3.8) is 0 Å². The molecular weight excluding hydrogens is 228 g/mol. The predicted octanol–water partition coefficient (Wildman–Crippen LogP) is 3.35. The average Bonchev–Trinajstić information content (AvgIpc) is 2.80. The summed E-state index contributed by atoms with van der Waals surface area (Å²) >= 11 is 0. The van der Waals surface area contributed by atoms with Gasteiger partial charge in [0.05, 0.1) is 5.92 Å². The molecule has 0 aromatic heterocycles. The molecule has 0 amide bonds. The van der Waals surface area contributed by atoms with E-state index in [9.17, 15) is 4.79 Å². The van der Waals surface area contributed by atoms with E-state index < -0.39 is 5.97 Å². The second-order valence-electron chi connectivity index (χ2n) is 4.57. The molecule has 1 saturated carbocycles. The maximum Gasteiger partial charge on any atom is 0.310 e. The van der Waals surface area contributed by atoms with Crippen molar-refractivity contribution in [3.8, 4) is 5.75 Å². The second-order valence-corrected chi connectivity index (χ2v) is 4.57. The summed E-state index contributed by atoms with van der Waals surface area (Å²) in [5.41, 5.74) is 0.996. The van der Waals surface area contributed by atoms with Crippen LogP contribution < -0.4 is 4.74 Å².